The minimum Gasteiger partial charge on any atom is -0.311 e. The molecule has 3 nitrogen and oxygen atoms in total. The third-order valence-electron chi connectivity index (χ3n) is 5.41. The topological polar surface area (TPSA) is 29.5 Å². The highest BCUT2D eigenvalue weighted by Crippen LogP contribution is 2.56. The Labute approximate surface area is 144 Å². The zero-order valence-electron chi connectivity index (χ0n) is 14.3. The Kier molecular flexibility index (Phi) is 3.91. The summed E-state index contributed by atoms with van der Waals surface area (Å²) in [5.74, 6) is -0.271. The molecular formula is C20H24NO2P. The first-order valence-corrected chi connectivity index (χ1v) is 10.5. The van der Waals surface area contributed by atoms with Gasteiger partial charge in [-0.1, -0.05) is 60.7 Å². The molecule has 0 aromatic heterocycles. The Morgan fingerprint density at radius 2 is 1.54 bits per heavy atom. The number of benzene rings is 2. The van der Waals surface area contributed by atoms with Gasteiger partial charge in [-0.25, -0.2) is 0 Å². The molecule has 2 aliphatic heterocycles. The number of hydrogen-bond donors (Lipinski definition) is 0. The van der Waals surface area contributed by atoms with E-state index in [1.165, 1.54) is 0 Å². The SMILES string of the molecule is CC1(C)CC[C@@H]2CC(P(=O)(c3ccccc3)c3ccccc3)ON21. The first-order chi connectivity index (χ1) is 11.5. The summed E-state index contributed by atoms with van der Waals surface area (Å²) < 4.78 is 14.3. The summed E-state index contributed by atoms with van der Waals surface area (Å²) in [5, 5.41) is 3.90. The highest BCUT2D eigenvalue weighted by atomic mass is 31.2. The summed E-state index contributed by atoms with van der Waals surface area (Å²) in [6.07, 6.45) is 3.09. The van der Waals surface area contributed by atoms with E-state index in [1.54, 1.807) is 0 Å². The van der Waals surface area contributed by atoms with Crippen molar-refractivity contribution in [3.05, 3.63) is 60.7 Å². The zero-order chi connectivity index (χ0) is 16.8. The average Bonchev–Trinajstić information content (AvgIpc) is 3.17. The Bertz CT molecular complexity index is 716. The van der Waals surface area contributed by atoms with Crippen LogP contribution in [0.2, 0.25) is 0 Å². The maximum absolute atomic E-state index is 14.3. The lowest BCUT2D eigenvalue weighted by molar-refractivity contribution is -0.180. The second-order valence-corrected chi connectivity index (χ2v) is 10.4. The van der Waals surface area contributed by atoms with Crippen molar-refractivity contribution in [2.45, 2.75) is 50.5 Å². The minimum atomic E-state index is -2.85. The van der Waals surface area contributed by atoms with Crippen LogP contribution in [0.25, 0.3) is 0 Å². The van der Waals surface area contributed by atoms with Crippen molar-refractivity contribution in [2.75, 3.05) is 0 Å². The van der Waals surface area contributed by atoms with Crippen LogP contribution < -0.4 is 10.6 Å². The number of nitrogens with zero attached hydrogens (tertiary/aromatic N) is 1. The molecule has 2 aliphatic rings. The molecule has 4 heteroatoms. The highest BCUT2D eigenvalue weighted by Gasteiger charge is 2.52. The van der Waals surface area contributed by atoms with Gasteiger partial charge in [-0.15, -0.1) is 0 Å². The molecule has 4 rings (SSSR count). The lowest BCUT2D eigenvalue weighted by atomic mass is 10.0. The van der Waals surface area contributed by atoms with E-state index in [2.05, 4.69) is 18.9 Å². The largest absolute Gasteiger partial charge is 0.311 e. The van der Waals surface area contributed by atoms with E-state index in [-0.39, 0.29) is 11.4 Å². The fourth-order valence-electron chi connectivity index (χ4n) is 4.09. The van der Waals surface area contributed by atoms with Gasteiger partial charge < -0.3 is 4.57 Å². The molecule has 0 radical (unpaired) electrons. The molecule has 0 amide bonds. The molecule has 0 saturated carbocycles. The van der Waals surface area contributed by atoms with Gasteiger partial charge in [0, 0.05) is 28.6 Å². The summed E-state index contributed by atoms with van der Waals surface area (Å²) >= 11 is 0. The predicted octanol–water partition coefficient (Wildman–Crippen LogP) is 3.90. The Morgan fingerprint density at radius 3 is 2.04 bits per heavy atom. The second-order valence-electron chi connectivity index (χ2n) is 7.46. The molecule has 2 saturated heterocycles. The normalized spacial score (nSPS) is 26.4. The van der Waals surface area contributed by atoms with Gasteiger partial charge in [0.1, 0.15) is 5.85 Å². The van der Waals surface area contributed by atoms with Gasteiger partial charge in [0.2, 0.25) is 0 Å². The van der Waals surface area contributed by atoms with Crippen molar-refractivity contribution in [1.82, 2.24) is 5.06 Å². The fourth-order valence-corrected chi connectivity index (χ4v) is 7.05. The van der Waals surface area contributed by atoms with Crippen LogP contribution in [0.5, 0.6) is 0 Å². The van der Waals surface area contributed by atoms with Gasteiger partial charge in [0.15, 0.2) is 7.14 Å². The lowest BCUT2D eigenvalue weighted by Crippen LogP contribution is -2.39. The molecule has 2 aromatic rings. The van der Waals surface area contributed by atoms with Crippen molar-refractivity contribution in [3.63, 3.8) is 0 Å². The van der Waals surface area contributed by atoms with Gasteiger partial charge in [0.05, 0.1) is 0 Å². The lowest BCUT2D eigenvalue weighted by Gasteiger charge is -2.32. The van der Waals surface area contributed by atoms with Gasteiger partial charge in [-0.05, 0) is 26.7 Å². The molecule has 2 fully saturated rings. The number of hydroxylamine groups is 2. The third-order valence-corrected chi connectivity index (χ3v) is 8.66. The smallest absolute Gasteiger partial charge is 0.172 e. The molecule has 2 heterocycles. The quantitative estimate of drug-likeness (QED) is 0.793. The van der Waals surface area contributed by atoms with Crippen LogP contribution in [0.3, 0.4) is 0 Å². The molecule has 1 unspecified atom stereocenters. The monoisotopic (exact) mass is 341 g/mol. The Balaban J connectivity index is 1.77. The molecule has 126 valence electrons. The predicted molar refractivity (Wildman–Crippen MR) is 98.2 cm³/mol. The molecule has 2 aromatic carbocycles. The number of fused-ring (bicyclic) bond motifs is 1. The standard InChI is InChI=1S/C20H24NO2P/c1-20(2)14-13-16-15-19(23-21(16)20)24(22,17-9-5-3-6-10-17)18-11-7-4-8-12-18/h3-12,16,19H,13-15H2,1-2H3/t16-,19?/m1/s1. The van der Waals surface area contributed by atoms with Crippen LogP contribution in [0.15, 0.2) is 60.7 Å². The van der Waals surface area contributed by atoms with E-state index >= 15 is 0 Å². The van der Waals surface area contributed by atoms with Crippen molar-refractivity contribution < 1.29 is 9.40 Å². The van der Waals surface area contributed by atoms with Crippen molar-refractivity contribution in [1.29, 1.82) is 0 Å². The summed E-state index contributed by atoms with van der Waals surface area (Å²) in [6, 6.07) is 20.1. The van der Waals surface area contributed by atoms with E-state index in [1.807, 2.05) is 60.7 Å². The molecule has 0 spiro atoms. The van der Waals surface area contributed by atoms with E-state index in [4.69, 9.17) is 4.84 Å². The molecule has 0 bridgehead atoms. The summed E-state index contributed by atoms with van der Waals surface area (Å²) in [6.45, 7) is 4.43. The van der Waals surface area contributed by atoms with Gasteiger partial charge >= 0.3 is 0 Å². The van der Waals surface area contributed by atoms with Gasteiger partial charge in [-0.2, -0.15) is 5.06 Å². The first-order valence-electron chi connectivity index (χ1n) is 8.69. The third kappa shape index (κ3) is 2.47. The number of hydrogen-bond acceptors (Lipinski definition) is 3. The maximum Gasteiger partial charge on any atom is 0.172 e. The number of rotatable bonds is 3. The van der Waals surface area contributed by atoms with Gasteiger partial charge in [-0.3, -0.25) is 4.84 Å². The van der Waals surface area contributed by atoms with Crippen molar-refractivity contribution in [2.24, 2.45) is 0 Å². The summed E-state index contributed by atoms with van der Waals surface area (Å²) in [4.78, 5) is 6.34. The molecule has 0 N–H and O–H groups in total. The fraction of sp³-hybridized carbons (Fsp3) is 0.400. The zero-order valence-corrected chi connectivity index (χ0v) is 15.2. The average molecular weight is 341 g/mol. The van der Waals surface area contributed by atoms with Crippen LogP contribution in [-0.2, 0) is 9.40 Å². The molecule has 2 atom stereocenters. The summed E-state index contributed by atoms with van der Waals surface area (Å²) in [7, 11) is -2.85. The molecular weight excluding hydrogens is 317 g/mol. The Morgan fingerprint density at radius 1 is 1.00 bits per heavy atom. The van der Waals surface area contributed by atoms with E-state index < -0.39 is 7.14 Å². The van der Waals surface area contributed by atoms with Gasteiger partial charge in [0.25, 0.3) is 0 Å². The van der Waals surface area contributed by atoms with Crippen LogP contribution in [0.4, 0.5) is 0 Å². The molecule has 24 heavy (non-hydrogen) atoms. The second kappa shape index (κ2) is 5.84. The highest BCUT2D eigenvalue weighted by molar-refractivity contribution is 7.79. The van der Waals surface area contributed by atoms with Crippen LogP contribution in [-0.4, -0.2) is 22.5 Å². The van der Waals surface area contributed by atoms with E-state index in [0.717, 1.165) is 29.9 Å². The summed E-state index contributed by atoms with van der Waals surface area (Å²) in [5.41, 5.74) is 0.0254. The van der Waals surface area contributed by atoms with Crippen LogP contribution >= 0.6 is 7.14 Å². The van der Waals surface area contributed by atoms with E-state index in [9.17, 15) is 4.57 Å². The molecule has 0 aliphatic carbocycles. The first kappa shape index (κ1) is 16.1. The van der Waals surface area contributed by atoms with Crippen molar-refractivity contribution in [3.8, 4) is 0 Å². The maximum atomic E-state index is 14.3. The van der Waals surface area contributed by atoms with Crippen LogP contribution in [0, 0.1) is 0 Å². The van der Waals surface area contributed by atoms with Crippen molar-refractivity contribution >= 4 is 17.8 Å². The minimum absolute atomic E-state index is 0.0254. The Hall–Kier alpha value is -1.41. The van der Waals surface area contributed by atoms with E-state index in [0.29, 0.717) is 6.04 Å². The van der Waals surface area contributed by atoms with Crippen LogP contribution in [0.1, 0.15) is 33.1 Å².